The molecule has 4 rings (SSSR count). The number of piperidine rings is 1. The fraction of sp³-hybridized carbons (Fsp3) is 0.294. The number of amides is 2. The molecule has 0 saturated carbocycles. The number of rotatable bonds is 1. The van der Waals surface area contributed by atoms with Crippen molar-refractivity contribution in [2.45, 2.75) is 18.5 Å². The average Bonchev–Trinajstić information content (AvgIpc) is 3.09. The number of likely N-dealkylation sites (tertiary alicyclic amines) is 1. The zero-order chi connectivity index (χ0) is 16.7. The van der Waals surface area contributed by atoms with Gasteiger partial charge in [-0.2, -0.15) is 0 Å². The van der Waals surface area contributed by atoms with E-state index in [0.29, 0.717) is 36.5 Å². The lowest BCUT2D eigenvalue weighted by atomic mass is 9.92. The molecule has 1 aromatic carbocycles. The molecule has 24 heavy (non-hydrogen) atoms. The van der Waals surface area contributed by atoms with E-state index in [9.17, 15) is 9.59 Å². The van der Waals surface area contributed by atoms with E-state index in [1.807, 2.05) is 34.5 Å². The molecular weight excluding hydrogens is 346 g/mol. The molecule has 0 bridgehead atoms. The highest BCUT2D eigenvalue weighted by Gasteiger charge is 2.41. The number of hydrogen-bond acceptors (Lipinski definition) is 4. The van der Waals surface area contributed by atoms with Crippen molar-refractivity contribution in [3.8, 4) is 0 Å². The Hall–Kier alpha value is -2.05. The minimum Gasteiger partial charge on any atom is -0.362 e. The molecule has 124 valence electrons. The van der Waals surface area contributed by atoms with Crippen molar-refractivity contribution in [3.63, 3.8) is 0 Å². The number of thiophene rings is 1. The highest BCUT2D eigenvalue weighted by atomic mass is 35.5. The van der Waals surface area contributed by atoms with Gasteiger partial charge in [0, 0.05) is 25.9 Å². The molecule has 0 atom stereocenters. The summed E-state index contributed by atoms with van der Waals surface area (Å²) in [4.78, 5) is 27.5. The number of fused-ring (bicyclic) bond motifs is 1. The number of carbonyl (C=O) groups excluding carboxylic acids is 2. The molecule has 2 N–H and O–H groups in total. The Morgan fingerprint density at radius 2 is 1.96 bits per heavy atom. The van der Waals surface area contributed by atoms with Crippen LogP contribution in [0.1, 0.15) is 32.9 Å². The van der Waals surface area contributed by atoms with Crippen LogP contribution in [-0.4, -0.2) is 35.5 Å². The number of halogens is 1. The van der Waals surface area contributed by atoms with Crippen molar-refractivity contribution in [1.82, 2.24) is 10.2 Å². The van der Waals surface area contributed by atoms with Crippen LogP contribution >= 0.6 is 22.9 Å². The molecular formula is C17H16ClN3O2S. The lowest BCUT2D eigenvalue weighted by molar-refractivity contribution is 0.0644. The highest BCUT2D eigenvalue weighted by molar-refractivity contribution is 7.12. The van der Waals surface area contributed by atoms with E-state index in [1.165, 1.54) is 11.3 Å². The second-order valence-electron chi connectivity index (χ2n) is 6.09. The molecule has 5 nitrogen and oxygen atoms in total. The van der Waals surface area contributed by atoms with Gasteiger partial charge in [-0.05, 0) is 23.6 Å². The quantitative estimate of drug-likeness (QED) is 0.820. The molecule has 2 aromatic rings. The molecule has 0 unspecified atom stereocenters. The Balaban J connectivity index is 1.51. The van der Waals surface area contributed by atoms with E-state index in [-0.39, 0.29) is 11.8 Å². The van der Waals surface area contributed by atoms with Crippen LogP contribution in [0.4, 0.5) is 5.69 Å². The van der Waals surface area contributed by atoms with Crippen LogP contribution in [0.2, 0.25) is 5.02 Å². The van der Waals surface area contributed by atoms with Crippen molar-refractivity contribution >= 4 is 40.4 Å². The van der Waals surface area contributed by atoms with Crippen LogP contribution < -0.4 is 10.6 Å². The molecule has 1 saturated heterocycles. The average molecular weight is 362 g/mol. The van der Waals surface area contributed by atoms with Gasteiger partial charge in [0.2, 0.25) is 0 Å². The van der Waals surface area contributed by atoms with Crippen LogP contribution in [0, 0.1) is 0 Å². The first-order chi connectivity index (χ1) is 11.6. The molecule has 0 aliphatic carbocycles. The predicted octanol–water partition coefficient (Wildman–Crippen LogP) is 3.19. The molecule has 2 amide bonds. The minimum absolute atomic E-state index is 0.0606. The second kappa shape index (κ2) is 5.79. The number of nitrogens with one attached hydrogen (secondary N) is 2. The van der Waals surface area contributed by atoms with Crippen molar-refractivity contribution in [1.29, 1.82) is 0 Å². The maximum absolute atomic E-state index is 12.5. The fourth-order valence-corrected chi connectivity index (χ4v) is 4.28. The van der Waals surface area contributed by atoms with Crippen LogP contribution in [0.15, 0.2) is 35.7 Å². The largest absolute Gasteiger partial charge is 0.362 e. The van der Waals surface area contributed by atoms with Crippen LogP contribution in [-0.2, 0) is 0 Å². The Bertz CT molecular complexity index is 798. The second-order valence-corrected chi connectivity index (χ2v) is 7.45. The summed E-state index contributed by atoms with van der Waals surface area (Å²) in [5.74, 6) is -0.0992. The summed E-state index contributed by atoms with van der Waals surface area (Å²) in [7, 11) is 0. The van der Waals surface area contributed by atoms with Crippen LogP contribution in [0.5, 0.6) is 0 Å². The molecule has 2 aliphatic rings. The van der Waals surface area contributed by atoms with Crippen molar-refractivity contribution in [2.75, 3.05) is 18.4 Å². The summed E-state index contributed by atoms with van der Waals surface area (Å²) in [6.07, 6.45) is 1.31. The zero-order valence-corrected chi connectivity index (χ0v) is 14.4. The standard InChI is InChI=1S/C17H16ClN3O2S/c18-11-3-1-4-12-14(11)15(22)20-17(19-12)6-8-21(9-7-17)16(23)13-5-2-10-24-13/h1-5,10,19H,6-9H2,(H,20,22). The van der Waals surface area contributed by atoms with Gasteiger partial charge in [-0.1, -0.05) is 23.7 Å². The van der Waals surface area contributed by atoms with Gasteiger partial charge in [0.05, 0.1) is 21.2 Å². The molecule has 7 heteroatoms. The Labute approximate surface area is 148 Å². The van der Waals surface area contributed by atoms with E-state index in [0.717, 1.165) is 10.6 Å². The third-order valence-electron chi connectivity index (χ3n) is 4.60. The third-order valence-corrected chi connectivity index (χ3v) is 5.78. The predicted molar refractivity (Wildman–Crippen MR) is 94.7 cm³/mol. The third kappa shape index (κ3) is 2.56. The zero-order valence-electron chi connectivity index (χ0n) is 12.8. The SMILES string of the molecule is O=C1NC2(CCN(C(=O)c3cccs3)CC2)Nc2cccc(Cl)c21. The first kappa shape index (κ1) is 15.5. The van der Waals surface area contributed by atoms with Gasteiger partial charge in [-0.15, -0.1) is 11.3 Å². The summed E-state index contributed by atoms with van der Waals surface area (Å²) in [6, 6.07) is 9.13. The van der Waals surface area contributed by atoms with Gasteiger partial charge < -0.3 is 15.5 Å². The molecule has 1 aromatic heterocycles. The van der Waals surface area contributed by atoms with Gasteiger partial charge in [0.25, 0.3) is 11.8 Å². The fourth-order valence-electron chi connectivity index (χ4n) is 3.33. The van der Waals surface area contributed by atoms with E-state index in [1.54, 1.807) is 6.07 Å². The van der Waals surface area contributed by atoms with E-state index < -0.39 is 5.66 Å². The van der Waals surface area contributed by atoms with E-state index >= 15 is 0 Å². The lowest BCUT2D eigenvalue weighted by Crippen LogP contribution is -2.62. The molecule has 0 radical (unpaired) electrons. The number of hydrogen-bond donors (Lipinski definition) is 2. The molecule has 2 aliphatic heterocycles. The number of nitrogens with zero attached hydrogens (tertiary/aromatic N) is 1. The molecule has 1 spiro atoms. The molecule has 1 fully saturated rings. The van der Waals surface area contributed by atoms with Crippen molar-refractivity contribution in [2.24, 2.45) is 0 Å². The van der Waals surface area contributed by atoms with Crippen molar-refractivity contribution in [3.05, 3.63) is 51.2 Å². The molecule has 3 heterocycles. The maximum atomic E-state index is 12.5. The van der Waals surface area contributed by atoms with Crippen LogP contribution in [0.25, 0.3) is 0 Å². The van der Waals surface area contributed by atoms with Crippen molar-refractivity contribution < 1.29 is 9.59 Å². The van der Waals surface area contributed by atoms with Gasteiger partial charge in [0.1, 0.15) is 5.66 Å². The highest BCUT2D eigenvalue weighted by Crippen LogP contribution is 2.34. The Kier molecular flexibility index (Phi) is 3.73. The van der Waals surface area contributed by atoms with Gasteiger partial charge in [-0.25, -0.2) is 0 Å². The smallest absolute Gasteiger partial charge is 0.263 e. The summed E-state index contributed by atoms with van der Waals surface area (Å²) < 4.78 is 0. The summed E-state index contributed by atoms with van der Waals surface area (Å²) in [6.45, 7) is 1.19. The number of benzene rings is 1. The summed E-state index contributed by atoms with van der Waals surface area (Å²) in [5, 5.41) is 8.83. The van der Waals surface area contributed by atoms with Gasteiger partial charge in [0.15, 0.2) is 0 Å². The van der Waals surface area contributed by atoms with E-state index in [4.69, 9.17) is 11.6 Å². The van der Waals surface area contributed by atoms with Crippen LogP contribution in [0.3, 0.4) is 0 Å². The first-order valence-electron chi connectivity index (χ1n) is 7.80. The maximum Gasteiger partial charge on any atom is 0.263 e. The summed E-state index contributed by atoms with van der Waals surface area (Å²) in [5.41, 5.74) is 0.729. The van der Waals surface area contributed by atoms with Gasteiger partial charge >= 0.3 is 0 Å². The normalized spacial score (nSPS) is 18.7. The Morgan fingerprint density at radius 1 is 1.17 bits per heavy atom. The Morgan fingerprint density at radius 3 is 2.67 bits per heavy atom. The minimum atomic E-state index is -0.513. The monoisotopic (exact) mass is 361 g/mol. The van der Waals surface area contributed by atoms with Gasteiger partial charge in [-0.3, -0.25) is 9.59 Å². The topological polar surface area (TPSA) is 61.4 Å². The summed E-state index contributed by atoms with van der Waals surface area (Å²) >= 11 is 7.59. The first-order valence-corrected chi connectivity index (χ1v) is 9.06. The van der Waals surface area contributed by atoms with E-state index in [2.05, 4.69) is 10.6 Å². The lowest BCUT2D eigenvalue weighted by Gasteiger charge is -2.45. The number of carbonyl (C=O) groups is 2. The number of anilines is 1.